The van der Waals surface area contributed by atoms with Gasteiger partial charge in [-0.05, 0) is 61.0 Å². The molecule has 30 heavy (non-hydrogen) atoms. The fraction of sp³-hybridized carbons (Fsp3) is 0.130. The molecule has 0 aliphatic heterocycles. The molecule has 0 bridgehead atoms. The van der Waals surface area contributed by atoms with Gasteiger partial charge in [0.25, 0.3) is 0 Å². The maximum atomic E-state index is 12.1. The van der Waals surface area contributed by atoms with Crippen LogP contribution in [-0.4, -0.2) is 25.6 Å². The zero-order valence-electron chi connectivity index (χ0n) is 16.8. The topological polar surface area (TPSA) is 88.7 Å². The van der Waals surface area contributed by atoms with Crippen molar-refractivity contribution < 1.29 is 19.1 Å². The number of amides is 3. The lowest BCUT2D eigenvalue weighted by Gasteiger charge is -2.11. The minimum absolute atomic E-state index is 0.156. The first-order chi connectivity index (χ1) is 14.5. The van der Waals surface area contributed by atoms with Gasteiger partial charge in [-0.15, -0.1) is 0 Å². The van der Waals surface area contributed by atoms with Gasteiger partial charge in [0.15, 0.2) is 11.5 Å². The predicted octanol–water partition coefficient (Wildman–Crippen LogP) is 4.56. The van der Waals surface area contributed by atoms with Crippen LogP contribution < -0.4 is 25.4 Å². The molecule has 3 rings (SSSR count). The summed E-state index contributed by atoms with van der Waals surface area (Å²) in [5, 5.41) is 7.93. The fourth-order valence-electron chi connectivity index (χ4n) is 2.70. The van der Waals surface area contributed by atoms with Crippen LogP contribution in [-0.2, 0) is 4.79 Å². The molecule has 3 amide bonds. The molecule has 0 aliphatic rings. The van der Waals surface area contributed by atoms with Gasteiger partial charge in [0.2, 0.25) is 5.91 Å². The van der Waals surface area contributed by atoms with Crippen molar-refractivity contribution in [2.45, 2.75) is 6.92 Å². The number of benzene rings is 3. The van der Waals surface area contributed by atoms with Crippen LogP contribution in [0.25, 0.3) is 0 Å². The summed E-state index contributed by atoms with van der Waals surface area (Å²) >= 11 is 0. The van der Waals surface area contributed by atoms with Crippen molar-refractivity contribution in [3.05, 3.63) is 78.4 Å². The number of hydrogen-bond donors (Lipinski definition) is 3. The Balaban J connectivity index is 1.47. The second-order valence-electron chi connectivity index (χ2n) is 6.50. The molecule has 7 nitrogen and oxygen atoms in total. The third-order valence-electron chi connectivity index (χ3n) is 4.12. The van der Waals surface area contributed by atoms with Crippen molar-refractivity contribution in [1.29, 1.82) is 0 Å². The monoisotopic (exact) mass is 405 g/mol. The SMILES string of the molecule is COc1ccccc1Oc1ccc(NC(=O)CNC(=O)Nc2cccc(C)c2)cc1. The van der Waals surface area contributed by atoms with E-state index in [-0.39, 0.29) is 12.5 Å². The highest BCUT2D eigenvalue weighted by Crippen LogP contribution is 2.31. The highest BCUT2D eigenvalue weighted by Gasteiger charge is 2.08. The first kappa shape index (κ1) is 20.7. The number of anilines is 2. The molecule has 3 aromatic carbocycles. The number of aryl methyl sites for hydroxylation is 1. The summed E-state index contributed by atoms with van der Waals surface area (Å²) in [6.07, 6.45) is 0. The van der Waals surface area contributed by atoms with Crippen LogP contribution in [0.4, 0.5) is 16.2 Å². The molecule has 0 aromatic heterocycles. The lowest BCUT2D eigenvalue weighted by atomic mass is 10.2. The third-order valence-corrected chi connectivity index (χ3v) is 4.12. The van der Waals surface area contributed by atoms with Crippen LogP contribution in [0, 0.1) is 6.92 Å². The van der Waals surface area contributed by atoms with E-state index in [4.69, 9.17) is 9.47 Å². The molecule has 0 atom stereocenters. The minimum atomic E-state index is -0.448. The standard InChI is InChI=1S/C23H23N3O4/c1-16-6-5-7-18(14-16)26-23(28)24-15-22(27)25-17-10-12-19(13-11-17)30-21-9-4-3-8-20(21)29-2/h3-14H,15H2,1-2H3,(H,25,27)(H2,24,26,28). The van der Waals surface area contributed by atoms with Gasteiger partial charge in [0.05, 0.1) is 13.7 Å². The van der Waals surface area contributed by atoms with Gasteiger partial charge in [0.1, 0.15) is 5.75 Å². The predicted molar refractivity (Wildman–Crippen MR) is 116 cm³/mol. The average molecular weight is 405 g/mol. The van der Waals surface area contributed by atoms with Gasteiger partial charge in [-0.1, -0.05) is 24.3 Å². The third kappa shape index (κ3) is 6.00. The normalized spacial score (nSPS) is 10.1. The van der Waals surface area contributed by atoms with Crippen molar-refractivity contribution in [2.75, 3.05) is 24.3 Å². The molecule has 0 heterocycles. The summed E-state index contributed by atoms with van der Waals surface area (Å²) in [7, 11) is 1.58. The summed E-state index contributed by atoms with van der Waals surface area (Å²) in [5.41, 5.74) is 2.29. The number of urea groups is 1. The molecule has 0 saturated carbocycles. The summed E-state index contributed by atoms with van der Waals surface area (Å²) in [6.45, 7) is 1.78. The smallest absolute Gasteiger partial charge is 0.319 e. The molecule has 0 saturated heterocycles. The fourth-order valence-corrected chi connectivity index (χ4v) is 2.70. The molecule has 0 fully saturated rings. The van der Waals surface area contributed by atoms with Crippen LogP contribution in [0.15, 0.2) is 72.8 Å². The van der Waals surface area contributed by atoms with E-state index in [0.717, 1.165) is 5.56 Å². The second-order valence-corrected chi connectivity index (χ2v) is 6.50. The number of carbonyl (C=O) groups excluding carboxylic acids is 2. The lowest BCUT2D eigenvalue weighted by Crippen LogP contribution is -2.35. The molecular weight excluding hydrogens is 382 g/mol. The summed E-state index contributed by atoms with van der Waals surface area (Å²) < 4.78 is 11.1. The Morgan fingerprint density at radius 1 is 0.833 bits per heavy atom. The number of nitrogens with one attached hydrogen (secondary N) is 3. The number of ether oxygens (including phenoxy) is 2. The van der Waals surface area contributed by atoms with E-state index in [2.05, 4.69) is 16.0 Å². The number of methoxy groups -OCH3 is 1. The molecular formula is C23H23N3O4. The minimum Gasteiger partial charge on any atom is -0.493 e. The van der Waals surface area contributed by atoms with E-state index in [1.165, 1.54) is 0 Å². The van der Waals surface area contributed by atoms with Gasteiger partial charge >= 0.3 is 6.03 Å². The van der Waals surface area contributed by atoms with Crippen molar-refractivity contribution in [1.82, 2.24) is 5.32 Å². The Hall–Kier alpha value is -4.00. The molecule has 0 radical (unpaired) electrons. The Bertz CT molecular complexity index is 1020. The lowest BCUT2D eigenvalue weighted by molar-refractivity contribution is -0.115. The van der Waals surface area contributed by atoms with Gasteiger partial charge in [0, 0.05) is 11.4 Å². The highest BCUT2D eigenvalue weighted by atomic mass is 16.5. The number of para-hydroxylation sites is 2. The Morgan fingerprint density at radius 2 is 1.57 bits per heavy atom. The maximum Gasteiger partial charge on any atom is 0.319 e. The van der Waals surface area contributed by atoms with Crippen LogP contribution in [0.3, 0.4) is 0 Å². The Morgan fingerprint density at radius 3 is 2.27 bits per heavy atom. The quantitative estimate of drug-likeness (QED) is 0.538. The van der Waals surface area contributed by atoms with Crippen LogP contribution in [0.5, 0.6) is 17.2 Å². The van der Waals surface area contributed by atoms with Crippen LogP contribution in [0.2, 0.25) is 0 Å². The van der Waals surface area contributed by atoms with E-state index < -0.39 is 6.03 Å². The van der Waals surface area contributed by atoms with Crippen LogP contribution >= 0.6 is 0 Å². The molecule has 0 aliphatic carbocycles. The molecule has 3 aromatic rings. The Kier molecular flexibility index (Phi) is 6.89. The zero-order valence-corrected chi connectivity index (χ0v) is 16.8. The van der Waals surface area contributed by atoms with Gasteiger partial charge in [-0.2, -0.15) is 0 Å². The highest BCUT2D eigenvalue weighted by molar-refractivity contribution is 5.97. The number of carbonyl (C=O) groups is 2. The largest absolute Gasteiger partial charge is 0.493 e. The second kappa shape index (κ2) is 9.97. The van der Waals surface area contributed by atoms with Crippen molar-refractivity contribution in [3.63, 3.8) is 0 Å². The average Bonchev–Trinajstić information content (AvgIpc) is 2.74. The number of hydrogen-bond acceptors (Lipinski definition) is 4. The van der Waals surface area contributed by atoms with Crippen molar-refractivity contribution in [2.24, 2.45) is 0 Å². The van der Waals surface area contributed by atoms with E-state index in [1.54, 1.807) is 37.4 Å². The van der Waals surface area contributed by atoms with E-state index in [0.29, 0.717) is 28.6 Å². The maximum absolute atomic E-state index is 12.1. The van der Waals surface area contributed by atoms with Gasteiger partial charge in [-0.3, -0.25) is 4.79 Å². The summed E-state index contributed by atoms with van der Waals surface area (Å²) in [4.78, 5) is 24.0. The molecule has 3 N–H and O–H groups in total. The van der Waals surface area contributed by atoms with Crippen molar-refractivity contribution >= 4 is 23.3 Å². The first-order valence-corrected chi connectivity index (χ1v) is 9.36. The Labute approximate surface area is 175 Å². The van der Waals surface area contributed by atoms with Gasteiger partial charge in [-0.25, -0.2) is 4.79 Å². The summed E-state index contributed by atoms with van der Waals surface area (Å²) in [6, 6.07) is 21.2. The molecule has 0 unspecified atom stereocenters. The number of rotatable bonds is 7. The van der Waals surface area contributed by atoms with E-state index in [1.807, 2.05) is 49.4 Å². The summed E-state index contributed by atoms with van der Waals surface area (Å²) in [5.74, 6) is 1.49. The van der Waals surface area contributed by atoms with E-state index >= 15 is 0 Å². The molecule has 7 heteroatoms. The zero-order chi connectivity index (χ0) is 21.3. The molecule has 154 valence electrons. The van der Waals surface area contributed by atoms with E-state index in [9.17, 15) is 9.59 Å². The first-order valence-electron chi connectivity index (χ1n) is 9.36. The molecule has 0 spiro atoms. The van der Waals surface area contributed by atoms with Crippen LogP contribution in [0.1, 0.15) is 5.56 Å². The van der Waals surface area contributed by atoms with Gasteiger partial charge < -0.3 is 25.4 Å². The van der Waals surface area contributed by atoms with Crippen molar-refractivity contribution in [3.8, 4) is 17.2 Å².